The molecule has 1 unspecified atom stereocenters. The van der Waals surface area contributed by atoms with Crippen molar-refractivity contribution in [3.63, 3.8) is 0 Å². The molecule has 0 aliphatic carbocycles. The van der Waals surface area contributed by atoms with Crippen molar-refractivity contribution in [2.45, 2.75) is 65.9 Å². The summed E-state index contributed by atoms with van der Waals surface area (Å²) in [6.45, 7) is 10.1. The van der Waals surface area contributed by atoms with Crippen LogP contribution in [0.25, 0.3) is 23.0 Å². The number of ether oxygens (including phenoxy) is 1. The zero-order valence-corrected chi connectivity index (χ0v) is 19.6. The molecule has 2 heterocycles. The van der Waals surface area contributed by atoms with E-state index in [1.54, 1.807) is 0 Å². The molecule has 0 amide bonds. The van der Waals surface area contributed by atoms with Crippen LogP contribution in [0.2, 0.25) is 0 Å². The first-order chi connectivity index (χ1) is 15.4. The Hall–Kier alpha value is -2.77. The number of hydrogen-bond acceptors (Lipinski definition) is 7. The number of pyridine rings is 1. The third kappa shape index (κ3) is 5.34. The summed E-state index contributed by atoms with van der Waals surface area (Å²) in [5.41, 5.74) is 5.57. The van der Waals surface area contributed by atoms with Crippen LogP contribution >= 0.6 is 0 Å². The van der Waals surface area contributed by atoms with Gasteiger partial charge in [-0.3, -0.25) is 0 Å². The number of hydrogen-bond donors (Lipinski definition) is 2. The smallest absolute Gasteiger partial charge is 0.276 e. The van der Waals surface area contributed by atoms with Gasteiger partial charge >= 0.3 is 0 Å². The molecule has 7 nitrogen and oxygen atoms in total. The standard InChI is InChI=1S/C25H33N3O4/c1-6-17(7-2)21-9-15(4)10-22(26-21)25-27-24(28-32-25)19-11-16(5)23(18(8-3)12-19)31-14-20(30)13-29/h9-12,17,20,29-30H,6-8,13-14H2,1-5H3. The second-order valence-corrected chi connectivity index (χ2v) is 8.17. The molecule has 0 aliphatic rings. The minimum absolute atomic E-state index is 0.0356. The summed E-state index contributed by atoms with van der Waals surface area (Å²) in [5.74, 6) is 2.01. The van der Waals surface area contributed by atoms with Crippen molar-refractivity contribution in [1.29, 1.82) is 0 Å². The lowest BCUT2D eigenvalue weighted by Gasteiger charge is -2.16. The Morgan fingerprint density at radius 2 is 1.78 bits per heavy atom. The van der Waals surface area contributed by atoms with Crippen LogP contribution < -0.4 is 4.74 Å². The average molecular weight is 440 g/mol. The van der Waals surface area contributed by atoms with E-state index in [9.17, 15) is 5.11 Å². The lowest BCUT2D eigenvalue weighted by Crippen LogP contribution is -2.22. The van der Waals surface area contributed by atoms with Crippen LogP contribution in [0.15, 0.2) is 28.8 Å². The highest BCUT2D eigenvalue weighted by Gasteiger charge is 2.18. The fraction of sp³-hybridized carbons (Fsp3) is 0.480. The first-order valence-electron chi connectivity index (χ1n) is 11.3. The maximum Gasteiger partial charge on any atom is 0.276 e. The summed E-state index contributed by atoms with van der Waals surface area (Å²) >= 11 is 0. The van der Waals surface area contributed by atoms with Gasteiger partial charge in [0.2, 0.25) is 5.82 Å². The first kappa shape index (κ1) is 23.9. The summed E-state index contributed by atoms with van der Waals surface area (Å²) in [5, 5.41) is 22.8. The van der Waals surface area contributed by atoms with Gasteiger partial charge < -0.3 is 19.5 Å². The van der Waals surface area contributed by atoms with E-state index < -0.39 is 6.10 Å². The molecule has 32 heavy (non-hydrogen) atoms. The fourth-order valence-corrected chi connectivity index (χ4v) is 3.84. The zero-order valence-electron chi connectivity index (χ0n) is 19.6. The average Bonchev–Trinajstić information content (AvgIpc) is 3.28. The highest BCUT2D eigenvalue weighted by molar-refractivity contribution is 5.63. The Kier molecular flexibility index (Phi) is 7.99. The third-order valence-electron chi connectivity index (χ3n) is 5.66. The molecule has 2 N–H and O–H groups in total. The van der Waals surface area contributed by atoms with Crippen LogP contribution in [0.3, 0.4) is 0 Å². The predicted octanol–water partition coefficient (Wildman–Crippen LogP) is 4.61. The Bertz CT molecular complexity index is 1040. The van der Waals surface area contributed by atoms with Crippen LogP contribution in [-0.4, -0.2) is 44.7 Å². The van der Waals surface area contributed by atoms with Crippen LogP contribution in [0, 0.1) is 13.8 Å². The zero-order chi connectivity index (χ0) is 23.3. The van der Waals surface area contributed by atoms with Crippen LogP contribution in [0.5, 0.6) is 5.75 Å². The molecule has 7 heteroatoms. The highest BCUT2D eigenvalue weighted by atomic mass is 16.5. The van der Waals surface area contributed by atoms with Gasteiger partial charge in [0.05, 0.1) is 6.61 Å². The second-order valence-electron chi connectivity index (χ2n) is 8.17. The summed E-state index contributed by atoms with van der Waals surface area (Å²) in [7, 11) is 0. The highest BCUT2D eigenvalue weighted by Crippen LogP contribution is 2.32. The van der Waals surface area contributed by atoms with Gasteiger partial charge in [-0.25, -0.2) is 4.98 Å². The molecule has 3 rings (SSSR count). The molecule has 1 atom stereocenters. The summed E-state index contributed by atoms with van der Waals surface area (Å²) in [4.78, 5) is 9.43. The maximum absolute atomic E-state index is 9.61. The molecule has 0 radical (unpaired) electrons. The molecular weight excluding hydrogens is 406 g/mol. The Balaban J connectivity index is 1.92. The molecule has 0 aliphatic heterocycles. The number of aliphatic hydroxyl groups is 2. The number of aryl methyl sites for hydroxylation is 3. The molecule has 1 aromatic carbocycles. The summed E-state index contributed by atoms with van der Waals surface area (Å²) < 4.78 is 11.3. The normalized spacial score (nSPS) is 12.4. The largest absolute Gasteiger partial charge is 0.490 e. The molecule has 3 aromatic rings. The van der Waals surface area contributed by atoms with Crippen molar-refractivity contribution in [1.82, 2.24) is 15.1 Å². The summed E-state index contributed by atoms with van der Waals surface area (Å²) in [6.07, 6.45) is 1.89. The van der Waals surface area contributed by atoms with Gasteiger partial charge in [0.1, 0.15) is 24.2 Å². The van der Waals surface area contributed by atoms with E-state index in [0.717, 1.165) is 47.2 Å². The Morgan fingerprint density at radius 3 is 2.44 bits per heavy atom. The van der Waals surface area contributed by atoms with Gasteiger partial charge in [-0.1, -0.05) is 25.9 Å². The predicted molar refractivity (Wildman–Crippen MR) is 124 cm³/mol. The van der Waals surface area contributed by atoms with Crippen LogP contribution in [-0.2, 0) is 6.42 Å². The number of nitrogens with zero attached hydrogens (tertiary/aromatic N) is 3. The van der Waals surface area contributed by atoms with Gasteiger partial charge in [0.15, 0.2) is 0 Å². The molecule has 0 spiro atoms. The molecule has 0 saturated carbocycles. The van der Waals surface area contributed by atoms with E-state index in [-0.39, 0.29) is 13.2 Å². The number of aromatic nitrogens is 3. The lowest BCUT2D eigenvalue weighted by atomic mass is 9.97. The lowest BCUT2D eigenvalue weighted by molar-refractivity contribution is 0.0531. The molecule has 172 valence electrons. The van der Waals surface area contributed by atoms with Gasteiger partial charge in [-0.05, 0) is 74.1 Å². The van der Waals surface area contributed by atoms with Gasteiger partial charge in [-0.15, -0.1) is 0 Å². The first-order valence-corrected chi connectivity index (χ1v) is 11.3. The van der Waals surface area contributed by atoms with E-state index in [0.29, 0.717) is 29.1 Å². The Labute approximate surface area is 189 Å². The molecule has 0 bridgehead atoms. The number of benzene rings is 1. The molecule has 0 fully saturated rings. The fourth-order valence-electron chi connectivity index (χ4n) is 3.84. The van der Waals surface area contributed by atoms with Crippen LogP contribution in [0.1, 0.15) is 61.9 Å². The molecular formula is C25H33N3O4. The van der Waals surface area contributed by atoms with Crippen molar-refractivity contribution in [2.75, 3.05) is 13.2 Å². The van der Waals surface area contributed by atoms with E-state index >= 15 is 0 Å². The number of rotatable bonds is 10. The van der Waals surface area contributed by atoms with E-state index in [1.165, 1.54) is 0 Å². The van der Waals surface area contributed by atoms with Crippen molar-refractivity contribution in [3.8, 4) is 28.7 Å². The van der Waals surface area contributed by atoms with Gasteiger partial charge in [0.25, 0.3) is 5.89 Å². The monoisotopic (exact) mass is 439 g/mol. The molecule has 2 aromatic heterocycles. The van der Waals surface area contributed by atoms with Crippen molar-refractivity contribution in [3.05, 3.63) is 46.6 Å². The van der Waals surface area contributed by atoms with Crippen molar-refractivity contribution in [2.24, 2.45) is 0 Å². The third-order valence-corrected chi connectivity index (χ3v) is 5.66. The van der Waals surface area contributed by atoms with E-state index in [1.807, 2.05) is 32.0 Å². The maximum atomic E-state index is 9.61. The van der Waals surface area contributed by atoms with Crippen LogP contribution in [0.4, 0.5) is 0 Å². The topological polar surface area (TPSA) is 102 Å². The number of aliphatic hydroxyl groups excluding tert-OH is 2. The SMILES string of the molecule is CCc1cc(-c2noc(-c3cc(C)cc(C(CC)CC)n3)n2)cc(C)c1OCC(O)CO. The van der Waals surface area contributed by atoms with Crippen molar-refractivity contribution >= 4 is 0 Å². The molecule has 0 saturated heterocycles. The van der Waals surface area contributed by atoms with E-state index in [4.69, 9.17) is 19.4 Å². The minimum atomic E-state index is -0.912. The summed E-state index contributed by atoms with van der Waals surface area (Å²) in [6, 6.07) is 8.01. The Morgan fingerprint density at radius 1 is 1.03 bits per heavy atom. The van der Waals surface area contributed by atoms with Gasteiger partial charge in [-0.2, -0.15) is 4.98 Å². The van der Waals surface area contributed by atoms with E-state index in [2.05, 4.69) is 37.0 Å². The quantitative estimate of drug-likeness (QED) is 0.475. The van der Waals surface area contributed by atoms with Crippen molar-refractivity contribution < 1.29 is 19.5 Å². The second kappa shape index (κ2) is 10.7. The minimum Gasteiger partial charge on any atom is -0.490 e. The van der Waals surface area contributed by atoms with Gasteiger partial charge in [0, 0.05) is 17.2 Å².